The number of alkyl halides is 3. The van der Waals surface area contributed by atoms with E-state index in [2.05, 4.69) is 15.0 Å². The molecule has 0 radical (unpaired) electrons. The van der Waals surface area contributed by atoms with Crippen LogP contribution in [0.15, 0.2) is 47.5 Å². The zero-order chi connectivity index (χ0) is 20.0. The number of anilines is 1. The van der Waals surface area contributed by atoms with Crippen LogP contribution in [-0.2, 0) is 13.1 Å². The Morgan fingerprint density at radius 2 is 1.86 bits per heavy atom. The summed E-state index contributed by atoms with van der Waals surface area (Å²) in [4.78, 5) is 5.87. The highest BCUT2D eigenvalue weighted by atomic mass is 127. The van der Waals surface area contributed by atoms with Crippen LogP contribution in [0.1, 0.15) is 11.1 Å². The predicted octanol–water partition coefficient (Wildman–Crippen LogP) is 4.33. The number of rotatable bonds is 6. The molecule has 2 aromatic rings. The molecular weight excluding hydrogens is 491 g/mol. The minimum absolute atomic E-state index is 0. The van der Waals surface area contributed by atoms with E-state index in [4.69, 9.17) is 5.73 Å². The maximum absolute atomic E-state index is 14.0. The summed E-state index contributed by atoms with van der Waals surface area (Å²) in [7, 11) is 3.68. The standard InChI is InChI=1S/C18H20F4N4O.HI/c1-26(2)11-13-8-7-12(9-14(13)19)10-24-17(23)25-15-5-3-4-6-16(15)27-18(20,21)22;/h3-9H,10-11H2,1-2H3,(H3,23,24,25);1H. The number of ether oxygens (including phenoxy) is 1. The van der Waals surface area contributed by atoms with E-state index in [1.54, 1.807) is 12.1 Å². The zero-order valence-corrected chi connectivity index (χ0v) is 17.6. The van der Waals surface area contributed by atoms with Crippen LogP contribution in [0.4, 0.5) is 23.2 Å². The van der Waals surface area contributed by atoms with Crippen molar-refractivity contribution in [2.45, 2.75) is 19.5 Å². The molecule has 0 amide bonds. The Labute approximate surface area is 177 Å². The highest BCUT2D eigenvalue weighted by molar-refractivity contribution is 14.0. The first kappa shape index (κ1) is 24.0. The van der Waals surface area contributed by atoms with Gasteiger partial charge >= 0.3 is 6.36 Å². The summed E-state index contributed by atoms with van der Waals surface area (Å²) in [5, 5.41) is 2.56. The first-order valence-corrected chi connectivity index (χ1v) is 7.98. The van der Waals surface area contributed by atoms with Gasteiger partial charge in [0.1, 0.15) is 5.82 Å². The first-order chi connectivity index (χ1) is 12.6. The molecule has 0 heterocycles. The summed E-state index contributed by atoms with van der Waals surface area (Å²) in [5.41, 5.74) is 6.87. The number of halogens is 5. The van der Waals surface area contributed by atoms with Crippen LogP contribution < -0.4 is 15.8 Å². The summed E-state index contributed by atoms with van der Waals surface area (Å²) in [6.45, 7) is 0.537. The predicted molar refractivity (Wildman–Crippen MR) is 111 cm³/mol. The number of para-hydroxylation sites is 2. The summed E-state index contributed by atoms with van der Waals surface area (Å²) >= 11 is 0. The summed E-state index contributed by atoms with van der Waals surface area (Å²) < 4.78 is 55.3. The number of aliphatic imine (C=N–C) groups is 1. The lowest BCUT2D eigenvalue weighted by molar-refractivity contribution is -0.274. The van der Waals surface area contributed by atoms with Gasteiger partial charge in [-0.25, -0.2) is 9.38 Å². The molecule has 154 valence electrons. The molecule has 0 aliphatic carbocycles. The Morgan fingerprint density at radius 3 is 2.46 bits per heavy atom. The highest BCUT2D eigenvalue weighted by Crippen LogP contribution is 2.29. The molecule has 0 bridgehead atoms. The van der Waals surface area contributed by atoms with E-state index < -0.39 is 12.1 Å². The summed E-state index contributed by atoms with van der Waals surface area (Å²) in [5.74, 6) is -0.903. The molecule has 0 aromatic heterocycles. The average molecular weight is 512 g/mol. The van der Waals surface area contributed by atoms with Crippen molar-refractivity contribution in [2.75, 3.05) is 19.4 Å². The molecular formula is C18H21F4IN4O. The monoisotopic (exact) mass is 512 g/mol. The molecule has 0 saturated heterocycles. The Hall–Kier alpha value is -2.08. The van der Waals surface area contributed by atoms with Crippen molar-refractivity contribution in [3.8, 4) is 5.75 Å². The van der Waals surface area contributed by atoms with Gasteiger partial charge in [0.2, 0.25) is 0 Å². The molecule has 0 aliphatic rings. The second-order valence-corrected chi connectivity index (χ2v) is 6.03. The van der Waals surface area contributed by atoms with Crippen LogP contribution in [0.5, 0.6) is 5.75 Å². The van der Waals surface area contributed by atoms with Crippen molar-refractivity contribution < 1.29 is 22.3 Å². The van der Waals surface area contributed by atoms with Gasteiger partial charge in [-0.15, -0.1) is 37.1 Å². The quantitative estimate of drug-likeness (QED) is 0.262. The Balaban J connectivity index is 0.00000392. The minimum Gasteiger partial charge on any atom is -0.404 e. The van der Waals surface area contributed by atoms with Gasteiger partial charge in [0.05, 0.1) is 12.2 Å². The molecule has 0 atom stereocenters. The molecule has 5 nitrogen and oxygen atoms in total. The third-order valence-electron chi connectivity index (χ3n) is 3.41. The smallest absolute Gasteiger partial charge is 0.404 e. The van der Waals surface area contributed by atoms with E-state index in [-0.39, 0.29) is 48.0 Å². The van der Waals surface area contributed by atoms with Crippen LogP contribution in [0.25, 0.3) is 0 Å². The lowest BCUT2D eigenvalue weighted by atomic mass is 10.1. The minimum atomic E-state index is -4.82. The van der Waals surface area contributed by atoms with Crippen LogP contribution in [0.2, 0.25) is 0 Å². The van der Waals surface area contributed by atoms with Gasteiger partial charge in [-0.3, -0.25) is 0 Å². The van der Waals surface area contributed by atoms with Crippen molar-refractivity contribution in [3.63, 3.8) is 0 Å². The SMILES string of the molecule is CN(C)Cc1ccc(CN=C(N)Nc2ccccc2OC(F)(F)F)cc1F.I. The second kappa shape index (κ2) is 10.5. The fourth-order valence-electron chi connectivity index (χ4n) is 2.30. The van der Waals surface area contributed by atoms with Crippen molar-refractivity contribution in [1.82, 2.24) is 4.90 Å². The molecule has 2 aromatic carbocycles. The van der Waals surface area contributed by atoms with Gasteiger partial charge in [0.15, 0.2) is 11.7 Å². The Kier molecular flexibility index (Phi) is 8.95. The van der Waals surface area contributed by atoms with Gasteiger partial charge in [-0.2, -0.15) is 0 Å². The molecule has 0 fully saturated rings. The van der Waals surface area contributed by atoms with Crippen molar-refractivity contribution >= 4 is 35.6 Å². The molecule has 28 heavy (non-hydrogen) atoms. The number of guanidine groups is 1. The van der Waals surface area contributed by atoms with Crippen molar-refractivity contribution in [3.05, 3.63) is 59.4 Å². The molecule has 0 aliphatic heterocycles. The number of benzene rings is 2. The lowest BCUT2D eigenvalue weighted by Gasteiger charge is -2.14. The fraction of sp³-hybridized carbons (Fsp3) is 0.278. The van der Waals surface area contributed by atoms with Gasteiger partial charge in [0, 0.05) is 12.1 Å². The van der Waals surface area contributed by atoms with Gasteiger partial charge < -0.3 is 20.7 Å². The summed E-state index contributed by atoms with van der Waals surface area (Å²) in [6, 6.07) is 10.2. The number of hydrogen-bond acceptors (Lipinski definition) is 3. The number of nitrogens with one attached hydrogen (secondary N) is 1. The maximum Gasteiger partial charge on any atom is 0.573 e. The van der Waals surface area contributed by atoms with Crippen LogP contribution in [-0.4, -0.2) is 31.3 Å². The molecule has 0 spiro atoms. The van der Waals surface area contributed by atoms with Gasteiger partial charge in [-0.1, -0.05) is 24.3 Å². The zero-order valence-electron chi connectivity index (χ0n) is 15.3. The molecule has 10 heteroatoms. The molecule has 2 rings (SSSR count). The second-order valence-electron chi connectivity index (χ2n) is 6.03. The van der Waals surface area contributed by atoms with E-state index >= 15 is 0 Å². The van der Waals surface area contributed by atoms with E-state index in [0.717, 1.165) is 6.07 Å². The lowest BCUT2D eigenvalue weighted by Crippen LogP contribution is -2.24. The van der Waals surface area contributed by atoms with E-state index in [1.165, 1.54) is 24.3 Å². The maximum atomic E-state index is 14.0. The van der Waals surface area contributed by atoms with E-state index in [1.807, 2.05) is 19.0 Å². The number of hydrogen-bond donors (Lipinski definition) is 2. The van der Waals surface area contributed by atoms with Crippen LogP contribution in [0, 0.1) is 5.82 Å². The third-order valence-corrected chi connectivity index (χ3v) is 3.41. The largest absolute Gasteiger partial charge is 0.573 e. The van der Waals surface area contributed by atoms with Crippen molar-refractivity contribution in [1.29, 1.82) is 0 Å². The van der Waals surface area contributed by atoms with Gasteiger partial charge in [0.25, 0.3) is 0 Å². The Morgan fingerprint density at radius 1 is 1.18 bits per heavy atom. The molecule has 0 unspecified atom stereocenters. The third kappa shape index (κ3) is 7.89. The normalized spacial score (nSPS) is 11.9. The highest BCUT2D eigenvalue weighted by Gasteiger charge is 2.32. The number of nitrogens with zero attached hydrogens (tertiary/aromatic N) is 2. The van der Waals surface area contributed by atoms with Crippen LogP contribution >= 0.6 is 24.0 Å². The average Bonchev–Trinajstić information content (AvgIpc) is 2.55. The van der Waals surface area contributed by atoms with Gasteiger partial charge in [-0.05, 0) is 37.9 Å². The van der Waals surface area contributed by atoms with E-state index in [0.29, 0.717) is 17.7 Å². The van der Waals surface area contributed by atoms with Crippen molar-refractivity contribution in [2.24, 2.45) is 10.7 Å². The first-order valence-electron chi connectivity index (χ1n) is 7.98. The molecule has 0 saturated carbocycles. The topological polar surface area (TPSA) is 62.9 Å². The number of nitrogens with two attached hydrogens (primary N) is 1. The van der Waals surface area contributed by atoms with Crippen LogP contribution in [0.3, 0.4) is 0 Å². The van der Waals surface area contributed by atoms with E-state index in [9.17, 15) is 17.6 Å². The Bertz CT molecular complexity index is 812. The summed E-state index contributed by atoms with van der Waals surface area (Å²) in [6.07, 6.45) is -4.82. The fourth-order valence-corrected chi connectivity index (χ4v) is 2.30. The molecule has 3 N–H and O–H groups in total.